The molecule has 1 saturated heterocycles. The first-order valence-corrected chi connectivity index (χ1v) is 10.7. The molecule has 4 nitrogen and oxygen atoms in total. The number of hydrogen-bond acceptors (Lipinski definition) is 4. The lowest BCUT2D eigenvalue weighted by atomic mass is 9.71. The van der Waals surface area contributed by atoms with Crippen LogP contribution in [0.1, 0.15) is 46.5 Å². The molecule has 28 heavy (non-hydrogen) atoms. The number of halogens is 2. The predicted octanol–water partition coefficient (Wildman–Crippen LogP) is 4.53. The lowest BCUT2D eigenvalue weighted by Gasteiger charge is -2.42. The molecule has 6 heteroatoms. The molecule has 1 unspecified atom stereocenters. The van der Waals surface area contributed by atoms with E-state index in [4.69, 9.17) is 21.1 Å². The second-order valence-corrected chi connectivity index (χ2v) is 9.89. The molecule has 1 heterocycles. The smallest absolute Gasteiger partial charge is 0.142 e. The maximum Gasteiger partial charge on any atom is 0.142 e. The third-order valence-electron chi connectivity index (χ3n) is 6.23. The molecule has 0 bridgehead atoms. The maximum atomic E-state index is 13.3. The minimum Gasteiger partial charge on any atom is -0.490 e. The van der Waals surface area contributed by atoms with Gasteiger partial charge in [0.05, 0.1) is 18.2 Å². The van der Waals surface area contributed by atoms with E-state index in [0.717, 1.165) is 25.3 Å². The zero-order valence-electron chi connectivity index (χ0n) is 17.2. The van der Waals surface area contributed by atoms with E-state index in [9.17, 15) is 9.50 Å². The van der Waals surface area contributed by atoms with E-state index in [0.29, 0.717) is 30.4 Å². The molecule has 1 atom stereocenters. The summed E-state index contributed by atoms with van der Waals surface area (Å²) in [5.41, 5.74) is -0.740. The second kappa shape index (κ2) is 8.86. The van der Waals surface area contributed by atoms with Gasteiger partial charge < -0.3 is 14.6 Å². The predicted molar refractivity (Wildman–Crippen MR) is 109 cm³/mol. The summed E-state index contributed by atoms with van der Waals surface area (Å²) < 4.78 is 24.7. The Morgan fingerprint density at radius 2 is 2.00 bits per heavy atom. The quantitative estimate of drug-likeness (QED) is 0.787. The highest BCUT2D eigenvalue weighted by Gasteiger charge is 2.38. The molecule has 3 rings (SSSR count). The van der Waals surface area contributed by atoms with Crippen LogP contribution in [-0.2, 0) is 4.74 Å². The first kappa shape index (κ1) is 21.8. The Hall–Kier alpha value is -0.880. The Morgan fingerprint density at radius 3 is 2.64 bits per heavy atom. The molecule has 0 aromatic heterocycles. The number of β-amino-alcohol motifs (C(OH)–C–C–N with tert-alkyl or cyclic N) is 1. The molecule has 1 N–H and O–H groups in total. The number of hydrogen-bond donors (Lipinski definition) is 1. The van der Waals surface area contributed by atoms with Crippen LogP contribution >= 0.6 is 11.6 Å². The minimum absolute atomic E-state index is 0.0128. The Morgan fingerprint density at radius 1 is 1.29 bits per heavy atom. The number of nitrogens with zero attached hydrogens (tertiary/aromatic N) is 1. The van der Waals surface area contributed by atoms with E-state index in [2.05, 4.69) is 25.7 Å². The van der Waals surface area contributed by atoms with Gasteiger partial charge in [0.1, 0.15) is 23.8 Å². The van der Waals surface area contributed by atoms with E-state index >= 15 is 0 Å². The van der Waals surface area contributed by atoms with E-state index < -0.39 is 11.4 Å². The molecule has 0 spiro atoms. The van der Waals surface area contributed by atoms with Gasteiger partial charge in [0.15, 0.2) is 0 Å². The third kappa shape index (κ3) is 5.59. The topological polar surface area (TPSA) is 41.9 Å². The molecule has 1 aliphatic carbocycles. The van der Waals surface area contributed by atoms with Crippen molar-refractivity contribution in [2.24, 2.45) is 11.3 Å². The van der Waals surface area contributed by atoms with Crippen molar-refractivity contribution in [1.82, 2.24) is 4.90 Å². The van der Waals surface area contributed by atoms with Gasteiger partial charge in [-0.15, -0.1) is 0 Å². The summed E-state index contributed by atoms with van der Waals surface area (Å²) in [4.78, 5) is 2.37. The fourth-order valence-corrected chi connectivity index (χ4v) is 4.61. The molecular weight excluding hydrogens is 381 g/mol. The van der Waals surface area contributed by atoms with Crippen LogP contribution < -0.4 is 4.74 Å². The average molecular weight is 414 g/mol. The van der Waals surface area contributed by atoms with Crippen LogP contribution in [-0.4, -0.2) is 54.6 Å². The minimum atomic E-state index is -1.10. The van der Waals surface area contributed by atoms with Crippen LogP contribution in [0.15, 0.2) is 18.2 Å². The highest BCUT2D eigenvalue weighted by molar-refractivity contribution is 6.30. The highest BCUT2D eigenvalue weighted by Crippen LogP contribution is 2.39. The molecule has 2 aliphatic rings. The summed E-state index contributed by atoms with van der Waals surface area (Å²) in [6.45, 7) is 9.27. The van der Waals surface area contributed by atoms with Crippen molar-refractivity contribution >= 4 is 11.6 Å². The summed E-state index contributed by atoms with van der Waals surface area (Å²) in [6, 6.07) is 4.70. The molecule has 1 aromatic carbocycles. The molecule has 1 aromatic rings. The van der Waals surface area contributed by atoms with Gasteiger partial charge in [0, 0.05) is 25.2 Å². The summed E-state index contributed by atoms with van der Waals surface area (Å²) in [5, 5.41) is 11.1. The maximum absolute atomic E-state index is 13.3. The van der Waals surface area contributed by atoms with Gasteiger partial charge in [0.2, 0.25) is 0 Å². The lowest BCUT2D eigenvalue weighted by Crippen LogP contribution is -2.52. The van der Waals surface area contributed by atoms with Gasteiger partial charge >= 0.3 is 0 Å². The van der Waals surface area contributed by atoms with E-state index in [1.165, 1.54) is 31.0 Å². The number of aliphatic hydroxyl groups is 1. The molecule has 0 amide bonds. The van der Waals surface area contributed by atoms with Crippen molar-refractivity contribution in [3.63, 3.8) is 0 Å². The van der Waals surface area contributed by atoms with Gasteiger partial charge in [0.25, 0.3) is 0 Å². The lowest BCUT2D eigenvalue weighted by molar-refractivity contribution is -0.0691. The molecule has 158 valence electrons. The molecule has 0 radical (unpaired) electrons. The van der Waals surface area contributed by atoms with Gasteiger partial charge in [-0.25, -0.2) is 4.39 Å². The van der Waals surface area contributed by atoms with Gasteiger partial charge in [-0.05, 0) is 49.1 Å². The van der Waals surface area contributed by atoms with E-state index in [1.54, 1.807) is 0 Å². The average Bonchev–Trinajstić information content (AvgIpc) is 2.84. The van der Waals surface area contributed by atoms with Gasteiger partial charge in [-0.2, -0.15) is 0 Å². The van der Waals surface area contributed by atoms with Crippen LogP contribution in [0.4, 0.5) is 4.39 Å². The van der Waals surface area contributed by atoms with Crippen molar-refractivity contribution in [3.8, 4) is 5.75 Å². The van der Waals surface area contributed by atoms with Gasteiger partial charge in [-0.3, -0.25) is 4.90 Å². The van der Waals surface area contributed by atoms with Crippen LogP contribution in [0.3, 0.4) is 0 Å². The third-order valence-corrected chi connectivity index (χ3v) is 6.52. The van der Waals surface area contributed by atoms with Crippen LogP contribution in [0.5, 0.6) is 5.75 Å². The largest absolute Gasteiger partial charge is 0.490 e. The first-order valence-electron chi connectivity index (χ1n) is 10.3. The Kier molecular flexibility index (Phi) is 6.91. The second-order valence-electron chi connectivity index (χ2n) is 9.48. The molecule has 1 aliphatic heterocycles. The summed E-state index contributed by atoms with van der Waals surface area (Å²) >= 11 is 5.81. The standard InChI is InChI=1S/C22H33ClFNO3/c1-21(2,3)16-4-6-17(7-5-16)25-10-11-27-14-22(26,13-25)15-28-18-8-9-20(24)19(23)12-18/h8-9,12,16-17,26H,4-7,10-11,13-15H2,1-3H3. The SMILES string of the molecule is CC(C)(C)C1CCC(N2CCOCC(O)(COc3ccc(F)c(Cl)c3)C2)CC1. The number of benzene rings is 1. The first-order chi connectivity index (χ1) is 13.2. The Labute approximate surface area is 173 Å². The fraction of sp³-hybridized carbons (Fsp3) is 0.727. The fourth-order valence-electron chi connectivity index (χ4n) is 4.44. The normalized spacial score (nSPS) is 30.1. The zero-order chi connectivity index (χ0) is 20.4. The van der Waals surface area contributed by atoms with E-state index in [-0.39, 0.29) is 18.2 Å². The molecule has 1 saturated carbocycles. The monoisotopic (exact) mass is 413 g/mol. The van der Waals surface area contributed by atoms with Crippen molar-refractivity contribution < 1.29 is 19.0 Å². The summed E-state index contributed by atoms with van der Waals surface area (Å²) in [7, 11) is 0. The number of rotatable bonds is 4. The Balaban J connectivity index is 1.59. The van der Waals surface area contributed by atoms with Crippen LogP contribution in [0.25, 0.3) is 0 Å². The molecular formula is C22H33ClFNO3. The van der Waals surface area contributed by atoms with Crippen molar-refractivity contribution in [3.05, 3.63) is 29.0 Å². The van der Waals surface area contributed by atoms with E-state index in [1.807, 2.05) is 0 Å². The van der Waals surface area contributed by atoms with Gasteiger partial charge in [-0.1, -0.05) is 32.4 Å². The molecule has 2 fully saturated rings. The van der Waals surface area contributed by atoms with Crippen molar-refractivity contribution in [1.29, 1.82) is 0 Å². The number of ether oxygens (including phenoxy) is 2. The Bertz CT molecular complexity index is 658. The van der Waals surface area contributed by atoms with Crippen LogP contribution in [0, 0.1) is 17.2 Å². The van der Waals surface area contributed by atoms with Crippen molar-refractivity contribution in [2.45, 2.75) is 58.1 Å². The summed E-state index contributed by atoms with van der Waals surface area (Å²) in [6.07, 6.45) is 4.78. The summed E-state index contributed by atoms with van der Waals surface area (Å²) in [5.74, 6) is 0.723. The highest BCUT2D eigenvalue weighted by atomic mass is 35.5. The van der Waals surface area contributed by atoms with Crippen LogP contribution in [0.2, 0.25) is 5.02 Å². The van der Waals surface area contributed by atoms with Crippen molar-refractivity contribution in [2.75, 3.05) is 32.9 Å². The zero-order valence-corrected chi connectivity index (χ0v) is 18.0.